The maximum absolute atomic E-state index is 12.9. The fraction of sp³-hybridized carbons (Fsp3) is 0.222. The van der Waals surface area contributed by atoms with Gasteiger partial charge in [0.25, 0.3) is 5.91 Å². The molecule has 2 N–H and O–H groups in total. The van der Waals surface area contributed by atoms with Gasteiger partial charge < -0.3 is 15.4 Å². The molecule has 0 radical (unpaired) electrons. The standard InChI is InChI=1S/C18H19FN2O3/c1-12(14-3-5-15(19)6-4-14)20-18(23)11-24-17-9-7-16(8-10-17)21-13(2)22/h3-10,12H,11H2,1-2H3,(H,20,23)(H,21,22). The van der Waals surface area contributed by atoms with Crippen LogP contribution in [0.2, 0.25) is 0 Å². The maximum atomic E-state index is 12.9. The van der Waals surface area contributed by atoms with Gasteiger partial charge in [0, 0.05) is 12.6 Å². The topological polar surface area (TPSA) is 67.4 Å². The lowest BCUT2D eigenvalue weighted by Crippen LogP contribution is -2.31. The van der Waals surface area contributed by atoms with Gasteiger partial charge in [-0.1, -0.05) is 12.1 Å². The van der Waals surface area contributed by atoms with E-state index in [-0.39, 0.29) is 30.3 Å². The fourth-order valence-electron chi connectivity index (χ4n) is 2.10. The minimum Gasteiger partial charge on any atom is -0.484 e. The molecule has 5 nitrogen and oxygen atoms in total. The molecule has 0 heterocycles. The Morgan fingerprint density at radius 3 is 2.29 bits per heavy atom. The number of nitrogens with one attached hydrogen (secondary N) is 2. The van der Waals surface area contributed by atoms with Crippen LogP contribution in [0.1, 0.15) is 25.5 Å². The Morgan fingerprint density at radius 2 is 1.71 bits per heavy atom. The molecular weight excluding hydrogens is 311 g/mol. The van der Waals surface area contributed by atoms with Crippen LogP contribution >= 0.6 is 0 Å². The Labute approximate surface area is 139 Å². The second-order valence-electron chi connectivity index (χ2n) is 5.33. The number of halogens is 1. The maximum Gasteiger partial charge on any atom is 0.258 e. The van der Waals surface area contributed by atoms with Crippen molar-refractivity contribution in [2.75, 3.05) is 11.9 Å². The van der Waals surface area contributed by atoms with Crippen LogP contribution < -0.4 is 15.4 Å². The fourth-order valence-corrected chi connectivity index (χ4v) is 2.10. The van der Waals surface area contributed by atoms with E-state index in [4.69, 9.17) is 4.74 Å². The summed E-state index contributed by atoms with van der Waals surface area (Å²) in [6, 6.07) is 12.4. The summed E-state index contributed by atoms with van der Waals surface area (Å²) in [6.45, 7) is 3.11. The zero-order valence-corrected chi connectivity index (χ0v) is 13.5. The van der Waals surface area contributed by atoms with Crippen LogP contribution in [0, 0.1) is 5.82 Å². The minimum atomic E-state index is -0.316. The van der Waals surface area contributed by atoms with Crippen molar-refractivity contribution in [3.63, 3.8) is 0 Å². The third kappa shape index (κ3) is 5.39. The van der Waals surface area contributed by atoms with Gasteiger partial charge in [0.15, 0.2) is 6.61 Å². The van der Waals surface area contributed by atoms with Gasteiger partial charge in [0.05, 0.1) is 6.04 Å². The average Bonchev–Trinajstić information content (AvgIpc) is 2.54. The van der Waals surface area contributed by atoms with Crippen molar-refractivity contribution in [3.8, 4) is 5.75 Å². The number of anilines is 1. The average molecular weight is 330 g/mol. The van der Waals surface area contributed by atoms with Crippen molar-refractivity contribution in [3.05, 3.63) is 59.9 Å². The largest absolute Gasteiger partial charge is 0.484 e. The highest BCUT2D eigenvalue weighted by Crippen LogP contribution is 2.16. The molecule has 2 aromatic carbocycles. The van der Waals surface area contributed by atoms with Crippen molar-refractivity contribution >= 4 is 17.5 Å². The highest BCUT2D eigenvalue weighted by atomic mass is 19.1. The van der Waals surface area contributed by atoms with E-state index in [1.165, 1.54) is 19.1 Å². The van der Waals surface area contributed by atoms with Crippen LogP contribution in [0.25, 0.3) is 0 Å². The summed E-state index contributed by atoms with van der Waals surface area (Å²) in [5.41, 5.74) is 1.47. The SMILES string of the molecule is CC(=O)Nc1ccc(OCC(=O)NC(C)c2ccc(F)cc2)cc1. The lowest BCUT2D eigenvalue weighted by Gasteiger charge is -2.15. The first-order valence-corrected chi connectivity index (χ1v) is 7.49. The van der Waals surface area contributed by atoms with E-state index in [2.05, 4.69) is 10.6 Å². The molecule has 0 spiro atoms. The lowest BCUT2D eigenvalue weighted by molar-refractivity contribution is -0.123. The van der Waals surface area contributed by atoms with E-state index in [1.807, 2.05) is 6.92 Å². The summed E-state index contributed by atoms with van der Waals surface area (Å²) in [7, 11) is 0. The molecule has 0 saturated heterocycles. The highest BCUT2D eigenvalue weighted by molar-refractivity contribution is 5.88. The van der Waals surface area contributed by atoms with Gasteiger partial charge in [-0.15, -0.1) is 0 Å². The monoisotopic (exact) mass is 330 g/mol. The predicted molar refractivity (Wildman–Crippen MR) is 89.2 cm³/mol. The third-order valence-electron chi connectivity index (χ3n) is 3.29. The second kappa shape index (κ2) is 8.10. The molecule has 24 heavy (non-hydrogen) atoms. The molecule has 1 atom stereocenters. The number of carbonyl (C=O) groups is 2. The van der Waals surface area contributed by atoms with Crippen LogP contribution in [0.3, 0.4) is 0 Å². The molecule has 6 heteroatoms. The Morgan fingerprint density at radius 1 is 1.08 bits per heavy atom. The molecule has 0 saturated carbocycles. The first-order chi connectivity index (χ1) is 11.4. The molecule has 0 aliphatic heterocycles. The van der Waals surface area contributed by atoms with Crippen molar-refractivity contribution in [2.24, 2.45) is 0 Å². The van der Waals surface area contributed by atoms with Crippen molar-refractivity contribution in [2.45, 2.75) is 19.9 Å². The van der Waals surface area contributed by atoms with Crippen LogP contribution in [0.4, 0.5) is 10.1 Å². The molecule has 2 aromatic rings. The second-order valence-corrected chi connectivity index (χ2v) is 5.33. The van der Waals surface area contributed by atoms with Gasteiger partial charge >= 0.3 is 0 Å². The lowest BCUT2D eigenvalue weighted by atomic mass is 10.1. The summed E-state index contributed by atoms with van der Waals surface area (Å²) in [5.74, 6) is -0.229. The molecule has 2 amide bonds. The summed E-state index contributed by atoms with van der Waals surface area (Å²) >= 11 is 0. The molecule has 0 aliphatic carbocycles. The minimum absolute atomic E-state index is 0.134. The van der Waals surface area contributed by atoms with Gasteiger partial charge in [0.2, 0.25) is 5.91 Å². The summed E-state index contributed by atoms with van der Waals surface area (Å²) in [5, 5.41) is 5.42. The van der Waals surface area contributed by atoms with E-state index in [1.54, 1.807) is 36.4 Å². The van der Waals surface area contributed by atoms with Gasteiger partial charge in [-0.25, -0.2) is 4.39 Å². The quantitative estimate of drug-likeness (QED) is 0.855. The number of carbonyl (C=O) groups excluding carboxylic acids is 2. The molecular formula is C18H19FN2O3. The van der Waals surface area contributed by atoms with Crippen LogP contribution in [-0.4, -0.2) is 18.4 Å². The molecule has 0 fully saturated rings. The summed E-state index contributed by atoms with van der Waals surface area (Å²) in [4.78, 5) is 22.8. The Kier molecular flexibility index (Phi) is 5.89. The van der Waals surface area contributed by atoms with Crippen LogP contribution in [-0.2, 0) is 9.59 Å². The number of hydrogen-bond donors (Lipinski definition) is 2. The zero-order chi connectivity index (χ0) is 17.5. The third-order valence-corrected chi connectivity index (χ3v) is 3.29. The summed E-state index contributed by atoms with van der Waals surface area (Å²) in [6.07, 6.45) is 0. The molecule has 126 valence electrons. The van der Waals surface area contributed by atoms with E-state index in [0.29, 0.717) is 11.4 Å². The number of hydrogen-bond acceptors (Lipinski definition) is 3. The molecule has 2 rings (SSSR count). The predicted octanol–water partition coefficient (Wildman–Crippen LogP) is 3.04. The van der Waals surface area contributed by atoms with Crippen molar-refractivity contribution in [1.82, 2.24) is 5.32 Å². The summed E-state index contributed by atoms with van der Waals surface area (Å²) < 4.78 is 18.3. The Bertz CT molecular complexity index is 699. The van der Waals surface area contributed by atoms with Crippen LogP contribution in [0.5, 0.6) is 5.75 Å². The molecule has 0 aromatic heterocycles. The first-order valence-electron chi connectivity index (χ1n) is 7.49. The Hall–Kier alpha value is -2.89. The highest BCUT2D eigenvalue weighted by Gasteiger charge is 2.10. The van der Waals surface area contributed by atoms with E-state index < -0.39 is 0 Å². The number of rotatable bonds is 6. The van der Waals surface area contributed by atoms with E-state index in [0.717, 1.165) is 5.56 Å². The normalized spacial score (nSPS) is 11.5. The molecule has 0 aliphatic rings. The van der Waals surface area contributed by atoms with E-state index in [9.17, 15) is 14.0 Å². The van der Waals surface area contributed by atoms with Gasteiger partial charge in [0.1, 0.15) is 11.6 Å². The van der Waals surface area contributed by atoms with Gasteiger partial charge in [-0.2, -0.15) is 0 Å². The number of benzene rings is 2. The zero-order valence-electron chi connectivity index (χ0n) is 13.5. The van der Waals surface area contributed by atoms with Crippen LogP contribution in [0.15, 0.2) is 48.5 Å². The van der Waals surface area contributed by atoms with Gasteiger partial charge in [-0.3, -0.25) is 9.59 Å². The molecule has 0 bridgehead atoms. The number of ether oxygens (including phenoxy) is 1. The van der Waals surface area contributed by atoms with Gasteiger partial charge in [-0.05, 0) is 48.9 Å². The van der Waals surface area contributed by atoms with Crippen molar-refractivity contribution < 1.29 is 18.7 Å². The Balaban J connectivity index is 1.82. The first kappa shape index (κ1) is 17.5. The van der Waals surface area contributed by atoms with Crippen molar-refractivity contribution in [1.29, 1.82) is 0 Å². The molecule has 1 unspecified atom stereocenters. The smallest absolute Gasteiger partial charge is 0.258 e. The number of amides is 2. The van der Waals surface area contributed by atoms with E-state index >= 15 is 0 Å².